The lowest BCUT2D eigenvalue weighted by Crippen LogP contribution is -2.38. The Morgan fingerprint density at radius 3 is 2.50 bits per heavy atom. The maximum Gasteiger partial charge on any atom is 0.263 e. The lowest BCUT2D eigenvalue weighted by atomic mass is 10.1. The Morgan fingerprint density at radius 2 is 1.95 bits per heavy atom. The molecule has 1 aromatic carbocycles. The Kier molecular flexibility index (Phi) is 4.65. The number of benzene rings is 1. The Morgan fingerprint density at radius 1 is 1.30 bits per heavy atom. The number of carbonyl (C=O) groups is 1. The van der Waals surface area contributed by atoms with Crippen molar-refractivity contribution in [1.82, 2.24) is 4.90 Å². The van der Waals surface area contributed by atoms with Crippen molar-refractivity contribution in [1.29, 1.82) is 0 Å². The highest BCUT2D eigenvalue weighted by Crippen LogP contribution is 2.24. The van der Waals surface area contributed by atoms with Gasteiger partial charge in [0.1, 0.15) is 5.75 Å². The fraction of sp³-hybridized carbons (Fsp3) is 0.562. The number of hydrogen-bond donors (Lipinski definition) is 1. The maximum absolute atomic E-state index is 12.2. The van der Waals surface area contributed by atoms with Crippen molar-refractivity contribution in [2.24, 2.45) is 0 Å². The number of ether oxygens (including phenoxy) is 1. The molecule has 0 spiro atoms. The number of aryl methyl sites for hydroxylation is 1. The second kappa shape index (κ2) is 6.27. The van der Waals surface area contributed by atoms with Crippen molar-refractivity contribution in [2.45, 2.75) is 45.8 Å². The summed E-state index contributed by atoms with van der Waals surface area (Å²) in [7, 11) is 0. The molecule has 0 radical (unpaired) electrons. The van der Waals surface area contributed by atoms with Crippen LogP contribution in [0.3, 0.4) is 0 Å². The molecule has 1 fully saturated rings. The van der Waals surface area contributed by atoms with Gasteiger partial charge in [0.15, 0.2) is 6.10 Å². The van der Waals surface area contributed by atoms with E-state index in [9.17, 15) is 9.90 Å². The smallest absolute Gasteiger partial charge is 0.263 e. The molecule has 4 heteroatoms. The molecule has 1 heterocycles. The van der Waals surface area contributed by atoms with E-state index in [1.807, 2.05) is 30.0 Å². The van der Waals surface area contributed by atoms with Crippen molar-refractivity contribution in [3.8, 4) is 5.75 Å². The van der Waals surface area contributed by atoms with Crippen LogP contribution >= 0.6 is 0 Å². The molecule has 0 aromatic heterocycles. The van der Waals surface area contributed by atoms with E-state index in [1.165, 1.54) is 0 Å². The van der Waals surface area contributed by atoms with Crippen molar-refractivity contribution < 1.29 is 14.6 Å². The molecule has 1 saturated heterocycles. The third kappa shape index (κ3) is 3.31. The molecule has 2 rings (SSSR count). The summed E-state index contributed by atoms with van der Waals surface area (Å²) in [6.45, 7) is 7.13. The van der Waals surface area contributed by atoms with Crippen molar-refractivity contribution in [3.05, 3.63) is 29.3 Å². The normalized spacial score (nSPS) is 17.9. The lowest BCUT2D eigenvalue weighted by molar-refractivity contribution is -0.136. The van der Waals surface area contributed by atoms with Gasteiger partial charge in [-0.05, 0) is 56.9 Å². The number of amides is 1. The molecule has 2 atom stereocenters. The molecule has 1 aromatic rings. The van der Waals surface area contributed by atoms with Gasteiger partial charge in [-0.1, -0.05) is 6.07 Å². The van der Waals surface area contributed by atoms with Gasteiger partial charge in [0.25, 0.3) is 5.91 Å². The van der Waals surface area contributed by atoms with Crippen LogP contribution in [0.4, 0.5) is 0 Å². The fourth-order valence-electron chi connectivity index (χ4n) is 2.50. The zero-order valence-electron chi connectivity index (χ0n) is 12.4. The zero-order valence-corrected chi connectivity index (χ0v) is 12.4. The molecular weight excluding hydrogens is 254 g/mol. The Labute approximate surface area is 120 Å². The number of nitrogens with zero attached hydrogens (tertiary/aromatic N) is 1. The Bertz CT molecular complexity index is 479. The second-order valence-electron chi connectivity index (χ2n) is 5.49. The average Bonchev–Trinajstić information content (AvgIpc) is 2.93. The third-order valence-electron chi connectivity index (χ3n) is 3.75. The first-order valence-corrected chi connectivity index (χ1v) is 7.23. The van der Waals surface area contributed by atoms with Gasteiger partial charge >= 0.3 is 0 Å². The topological polar surface area (TPSA) is 49.8 Å². The number of aliphatic hydroxyl groups excluding tert-OH is 1. The minimum absolute atomic E-state index is 0.0569. The second-order valence-corrected chi connectivity index (χ2v) is 5.49. The summed E-state index contributed by atoms with van der Waals surface area (Å²) in [5, 5.41) is 9.55. The number of aliphatic hydroxyl groups is 1. The van der Waals surface area contributed by atoms with Gasteiger partial charge in [0.2, 0.25) is 0 Å². The van der Waals surface area contributed by atoms with E-state index in [4.69, 9.17) is 4.74 Å². The summed E-state index contributed by atoms with van der Waals surface area (Å²) in [5.74, 6) is 0.760. The Hall–Kier alpha value is -1.55. The van der Waals surface area contributed by atoms with Gasteiger partial charge in [-0.25, -0.2) is 0 Å². The molecule has 1 unspecified atom stereocenters. The van der Waals surface area contributed by atoms with Crippen LogP contribution in [-0.2, 0) is 4.79 Å². The van der Waals surface area contributed by atoms with Crippen LogP contribution in [0.25, 0.3) is 0 Å². The summed E-state index contributed by atoms with van der Waals surface area (Å²) in [4.78, 5) is 14.1. The number of carbonyl (C=O) groups excluding carboxylic acids is 1. The van der Waals surface area contributed by atoms with Crippen molar-refractivity contribution in [2.75, 3.05) is 13.1 Å². The van der Waals surface area contributed by atoms with Crippen LogP contribution in [0.5, 0.6) is 5.75 Å². The minimum Gasteiger partial charge on any atom is -0.481 e. The molecule has 0 saturated carbocycles. The van der Waals surface area contributed by atoms with Crippen LogP contribution in [0.15, 0.2) is 18.2 Å². The van der Waals surface area contributed by atoms with Gasteiger partial charge < -0.3 is 14.7 Å². The first-order valence-electron chi connectivity index (χ1n) is 7.23. The summed E-state index contributed by atoms with van der Waals surface area (Å²) >= 11 is 0. The highest BCUT2D eigenvalue weighted by atomic mass is 16.5. The molecule has 1 N–H and O–H groups in total. The monoisotopic (exact) mass is 277 g/mol. The van der Waals surface area contributed by atoms with E-state index in [1.54, 1.807) is 13.8 Å². The molecule has 1 amide bonds. The summed E-state index contributed by atoms with van der Waals surface area (Å²) in [5.41, 5.74) is 1.79. The van der Waals surface area contributed by atoms with Crippen LogP contribution in [0.1, 0.15) is 43.9 Å². The van der Waals surface area contributed by atoms with Crippen LogP contribution in [-0.4, -0.2) is 35.1 Å². The van der Waals surface area contributed by atoms with Crippen molar-refractivity contribution in [3.63, 3.8) is 0 Å². The molecule has 0 bridgehead atoms. The standard InChI is InChI=1S/C16H23NO3/c1-11-10-14(12(2)18)6-7-15(11)20-13(3)16(19)17-8-4-5-9-17/h6-7,10,12-13,18H,4-5,8-9H2,1-3H3/t12-,13?/m1/s1. The van der Waals surface area contributed by atoms with E-state index >= 15 is 0 Å². The average molecular weight is 277 g/mol. The predicted molar refractivity (Wildman–Crippen MR) is 77.7 cm³/mol. The van der Waals surface area contributed by atoms with E-state index in [-0.39, 0.29) is 5.91 Å². The lowest BCUT2D eigenvalue weighted by Gasteiger charge is -2.22. The van der Waals surface area contributed by atoms with Gasteiger partial charge in [0.05, 0.1) is 6.10 Å². The van der Waals surface area contributed by atoms with E-state index in [0.29, 0.717) is 5.75 Å². The summed E-state index contributed by atoms with van der Waals surface area (Å²) in [6.07, 6.45) is 1.21. The Balaban J connectivity index is 2.03. The van der Waals surface area contributed by atoms with E-state index in [2.05, 4.69) is 0 Å². The molecule has 1 aliphatic heterocycles. The van der Waals surface area contributed by atoms with Gasteiger partial charge in [0, 0.05) is 13.1 Å². The maximum atomic E-state index is 12.2. The molecular formula is C16H23NO3. The van der Waals surface area contributed by atoms with Crippen LogP contribution in [0.2, 0.25) is 0 Å². The number of rotatable bonds is 4. The largest absolute Gasteiger partial charge is 0.481 e. The quantitative estimate of drug-likeness (QED) is 0.919. The fourth-order valence-corrected chi connectivity index (χ4v) is 2.50. The van der Waals surface area contributed by atoms with Crippen molar-refractivity contribution >= 4 is 5.91 Å². The summed E-state index contributed by atoms with van der Waals surface area (Å²) < 4.78 is 5.78. The van der Waals surface area contributed by atoms with E-state index in [0.717, 1.165) is 37.1 Å². The zero-order chi connectivity index (χ0) is 14.7. The minimum atomic E-state index is -0.494. The van der Waals surface area contributed by atoms with Gasteiger partial charge in [-0.3, -0.25) is 4.79 Å². The van der Waals surface area contributed by atoms with Gasteiger partial charge in [-0.15, -0.1) is 0 Å². The van der Waals surface area contributed by atoms with Gasteiger partial charge in [-0.2, -0.15) is 0 Å². The molecule has 1 aliphatic rings. The molecule has 110 valence electrons. The molecule has 20 heavy (non-hydrogen) atoms. The van der Waals surface area contributed by atoms with E-state index < -0.39 is 12.2 Å². The first-order chi connectivity index (χ1) is 9.49. The highest BCUT2D eigenvalue weighted by Gasteiger charge is 2.24. The predicted octanol–water partition coefficient (Wildman–Crippen LogP) is 2.44. The summed E-state index contributed by atoms with van der Waals surface area (Å²) in [6, 6.07) is 5.55. The van der Waals surface area contributed by atoms with Crippen LogP contribution in [0, 0.1) is 6.92 Å². The number of hydrogen-bond acceptors (Lipinski definition) is 3. The third-order valence-corrected chi connectivity index (χ3v) is 3.75. The van der Waals surface area contributed by atoms with Crippen LogP contribution < -0.4 is 4.74 Å². The SMILES string of the molecule is Cc1cc([C@@H](C)O)ccc1OC(C)C(=O)N1CCCC1. The first kappa shape index (κ1) is 14.9. The molecule has 0 aliphatic carbocycles. The molecule has 4 nitrogen and oxygen atoms in total. The highest BCUT2D eigenvalue weighted by molar-refractivity contribution is 5.81. The number of likely N-dealkylation sites (tertiary alicyclic amines) is 1.